The molecule has 92 valence electrons. The fraction of sp³-hybridized carbons (Fsp3) is 0.500. The molecule has 0 spiro atoms. The predicted molar refractivity (Wildman–Crippen MR) is 69.2 cm³/mol. The fourth-order valence-corrected chi connectivity index (χ4v) is 2.29. The Morgan fingerprint density at radius 3 is 2.82 bits per heavy atom. The maximum absolute atomic E-state index is 11.0. The summed E-state index contributed by atoms with van der Waals surface area (Å²) in [6.07, 6.45) is 2.17. The Bertz CT molecular complexity index is 378. The zero-order valence-corrected chi connectivity index (χ0v) is 10.4. The van der Waals surface area contributed by atoms with Gasteiger partial charge in [0.2, 0.25) is 0 Å². The van der Waals surface area contributed by atoms with Crippen molar-refractivity contribution in [2.45, 2.75) is 13.0 Å². The maximum atomic E-state index is 11.0. The number of aldehydes is 1. The predicted octanol–water partition coefficient (Wildman–Crippen LogP) is 1.64. The second kappa shape index (κ2) is 5.94. The molecular formula is C14H20N2O. The molecule has 17 heavy (non-hydrogen) atoms. The van der Waals surface area contributed by atoms with Crippen LogP contribution in [0.2, 0.25) is 0 Å². The lowest BCUT2D eigenvalue weighted by Gasteiger charge is -2.20. The summed E-state index contributed by atoms with van der Waals surface area (Å²) >= 11 is 0. The minimum Gasteiger partial charge on any atom is -0.305 e. The summed E-state index contributed by atoms with van der Waals surface area (Å²) in [6, 6.07) is 7.88. The smallest absolute Gasteiger partial charge is 0.150 e. The molecule has 1 aromatic rings. The normalized spacial score (nSPS) is 18.9. The van der Waals surface area contributed by atoms with E-state index in [4.69, 9.17) is 0 Å². The summed E-state index contributed by atoms with van der Waals surface area (Å²) in [4.78, 5) is 15.8. The van der Waals surface area contributed by atoms with Gasteiger partial charge in [0.1, 0.15) is 6.29 Å². The molecule has 0 N–H and O–H groups in total. The Labute approximate surface area is 103 Å². The number of hydrogen-bond acceptors (Lipinski definition) is 3. The number of hydrogen-bond donors (Lipinski definition) is 0. The molecule has 0 saturated carbocycles. The third-order valence-electron chi connectivity index (χ3n) is 3.39. The van der Waals surface area contributed by atoms with Crippen LogP contribution in [0, 0.1) is 0 Å². The van der Waals surface area contributed by atoms with E-state index in [1.807, 2.05) is 18.2 Å². The van der Waals surface area contributed by atoms with Crippen LogP contribution in [0.5, 0.6) is 0 Å². The minimum absolute atomic E-state index is 0.824. The van der Waals surface area contributed by atoms with E-state index < -0.39 is 0 Å². The van der Waals surface area contributed by atoms with E-state index >= 15 is 0 Å². The molecule has 0 radical (unpaired) electrons. The van der Waals surface area contributed by atoms with Crippen molar-refractivity contribution in [1.29, 1.82) is 0 Å². The zero-order valence-electron chi connectivity index (χ0n) is 10.4. The van der Waals surface area contributed by atoms with Crippen LogP contribution in [-0.2, 0) is 6.54 Å². The summed E-state index contributed by atoms with van der Waals surface area (Å²) in [6.45, 7) is 5.39. The van der Waals surface area contributed by atoms with Gasteiger partial charge in [0.25, 0.3) is 0 Å². The summed E-state index contributed by atoms with van der Waals surface area (Å²) in [5, 5.41) is 0. The van der Waals surface area contributed by atoms with Crippen molar-refractivity contribution in [1.82, 2.24) is 9.80 Å². The fourth-order valence-electron chi connectivity index (χ4n) is 2.29. The molecule has 0 aliphatic carbocycles. The van der Waals surface area contributed by atoms with Gasteiger partial charge < -0.3 is 4.90 Å². The third kappa shape index (κ3) is 3.38. The van der Waals surface area contributed by atoms with E-state index in [0.717, 1.165) is 43.6 Å². The molecule has 1 aromatic carbocycles. The Hall–Kier alpha value is -1.19. The molecule has 3 nitrogen and oxygen atoms in total. The number of benzene rings is 1. The first kappa shape index (κ1) is 12.3. The Kier molecular flexibility index (Phi) is 4.29. The summed E-state index contributed by atoms with van der Waals surface area (Å²) in [5.74, 6) is 0. The van der Waals surface area contributed by atoms with E-state index in [0.29, 0.717) is 0 Å². The molecule has 2 rings (SSSR count). The maximum Gasteiger partial charge on any atom is 0.150 e. The molecule has 0 amide bonds. The lowest BCUT2D eigenvalue weighted by Crippen LogP contribution is -2.28. The second-order valence-electron chi connectivity index (χ2n) is 4.75. The zero-order chi connectivity index (χ0) is 12.1. The van der Waals surface area contributed by atoms with Crippen LogP contribution in [0.25, 0.3) is 0 Å². The van der Waals surface area contributed by atoms with Crippen molar-refractivity contribution < 1.29 is 4.79 Å². The highest BCUT2D eigenvalue weighted by Gasteiger charge is 2.13. The van der Waals surface area contributed by atoms with Gasteiger partial charge in [-0.05, 0) is 32.1 Å². The van der Waals surface area contributed by atoms with Crippen LogP contribution < -0.4 is 0 Å². The molecule has 1 fully saturated rings. The first-order chi connectivity index (χ1) is 8.29. The SMILES string of the molecule is CN1CCCN(Cc2ccccc2C=O)CC1. The molecule has 1 aliphatic heterocycles. The van der Waals surface area contributed by atoms with E-state index in [9.17, 15) is 4.79 Å². The van der Waals surface area contributed by atoms with Gasteiger partial charge in [-0.1, -0.05) is 24.3 Å². The van der Waals surface area contributed by atoms with Crippen molar-refractivity contribution in [3.05, 3.63) is 35.4 Å². The highest BCUT2D eigenvalue weighted by molar-refractivity contribution is 5.77. The van der Waals surface area contributed by atoms with Crippen LogP contribution in [0.1, 0.15) is 22.3 Å². The van der Waals surface area contributed by atoms with Crippen molar-refractivity contribution in [2.75, 3.05) is 33.2 Å². The molecule has 1 heterocycles. The average Bonchev–Trinajstić information content (AvgIpc) is 2.55. The van der Waals surface area contributed by atoms with Crippen LogP contribution in [0.15, 0.2) is 24.3 Å². The van der Waals surface area contributed by atoms with Crippen LogP contribution in [0.3, 0.4) is 0 Å². The summed E-state index contributed by atoms with van der Waals surface area (Å²) < 4.78 is 0. The number of carbonyl (C=O) groups is 1. The third-order valence-corrected chi connectivity index (χ3v) is 3.39. The molecule has 1 aliphatic rings. The van der Waals surface area contributed by atoms with Crippen molar-refractivity contribution >= 4 is 6.29 Å². The summed E-state index contributed by atoms with van der Waals surface area (Å²) in [5.41, 5.74) is 1.97. The lowest BCUT2D eigenvalue weighted by atomic mass is 10.1. The van der Waals surface area contributed by atoms with E-state index in [1.165, 1.54) is 13.0 Å². The van der Waals surface area contributed by atoms with Gasteiger partial charge >= 0.3 is 0 Å². The van der Waals surface area contributed by atoms with Crippen molar-refractivity contribution in [3.8, 4) is 0 Å². The Balaban J connectivity index is 2.02. The van der Waals surface area contributed by atoms with Gasteiger partial charge in [0.15, 0.2) is 0 Å². The number of carbonyl (C=O) groups excluding carboxylic acids is 1. The van der Waals surface area contributed by atoms with Crippen molar-refractivity contribution in [3.63, 3.8) is 0 Å². The van der Waals surface area contributed by atoms with Crippen LogP contribution in [-0.4, -0.2) is 49.3 Å². The van der Waals surface area contributed by atoms with Gasteiger partial charge in [-0.25, -0.2) is 0 Å². The Morgan fingerprint density at radius 1 is 1.18 bits per heavy atom. The van der Waals surface area contributed by atoms with Gasteiger partial charge in [0.05, 0.1) is 0 Å². The van der Waals surface area contributed by atoms with E-state index in [-0.39, 0.29) is 0 Å². The monoisotopic (exact) mass is 232 g/mol. The topological polar surface area (TPSA) is 23.6 Å². The van der Waals surface area contributed by atoms with Crippen molar-refractivity contribution in [2.24, 2.45) is 0 Å². The molecule has 0 bridgehead atoms. The van der Waals surface area contributed by atoms with E-state index in [2.05, 4.69) is 22.9 Å². The first-order valence-electron chi connectivity index (χ1n) is 6.23. The Morgan fingerprint density at radius 2 is 2.00 bits per heavy atom. The number of nitrogens with zero attached hydrogens (tertiary/aromatic N) is 2. The highest BCUT2D eigenvalue weighted by atomic mass is 16.1. The lowest BCUT2D eigenvalue weighted by molar-refractivity contribution is 0.112. The van der Waals surface area contributed by atoms with Gasteiger partial charge in [-0.15, -0.1) is 0 Å². The van der Waals surface area contributed by atoms with Gasteiger partial charge in [0, 0.05) is 25.2 Å². The average molecular weight is 232 g/mol. The van der Waals surface area contributed by atoms with E-state index in [1.54, 1.807) is 0 Å². The second-order valence-corrected chi connectivity index (χ2v) is 4.75. The first-order valence-corrected chi connectivity index (χ1v) is 6.23. The quantitative estimate of drug-likeness (QED) is 0.740. The number of likely N-dealkylation sites (N-methyl/N-ethyl adjacent to an activating group) is 1. The highest BCUT2D eigenvalue weighted by Crippen LogP contribution is 2.11. The summed E-state index contributed by atoms with van der Waals surface area (Å²) in [7, 11) is 2.17. The molecule has 0 unspecified atom stereocenters. The number of rotatable bonds is 3. The van der Waals surface area contributed by atoms with Crippen LogP contribution in [0.4, 0.5) is 0 Å². The largest absolute Gasteiger partial charge is 0.305 e. The van der Waals surface area contributed by atoms with Crippen LogP contribution >= 0.6 is 0 Å². The molecule has 0 aromatic heterocycles. The van der Waals surface area contributed by atoms with Gasteiger partial charge in [-0.3, -0.25) is 9.69 Å². The molecule has 0 atom stereocenters. The standard InChI is InChI=1S/C14H20N2O/c1-15-7-4-8-16(10-9-15)11-13-5-2-3-6-14(13)12-17/h2-3,5-6,12H,4,7-11H2,1H3. The molecular weight excluding hydrogens is 212 g/mol. The minimum atomic E-state index is 0.824. The van der Waals surface area contributed by atoms with Gasteiger partial charge in [-0.2, -0.15) is 0 Å². The molecule has 3 heteroatoms. The molecule has 1 saturated heterocycles.